The van der Waals surface area contributed by atoms with E-state index in [1.54, 1.807) is 0 Å². The van der Waals surface area contributed by atoms with E-state index in [1.807, 2.05) is 25.7 Å². The van der Waals surface area contributed by atoms with Crippen LogP contribution >= 0.6 is 0 Å². The highest BCUT2D eigenvalue weighted by Crippen LogP contribution is 2.35. The zero-order valence-corrected chi connectivity index (χ0v) is 14.2. The van der Waals surface area contributed by atoms with E-state index < -0.39 is 5.60 Å². The van der Waals surface area contributed by atoms with Crippen molar-refractivity contribution >= 4 is 6.09 Å². The van der Waals surface area contributed by atoms with Crippen LogP contribution in [0.2, 0.25) is 0 Å². The number of piperidine rings is 1. The Balaban J connectivity index is 1.79. The number of carbonyl (C=O) groups is 1. The van der Waals surface area contributed by atoms with Crippen LogP contribution in [0.5, 0.6) is 0 Å². The molecule has 1 unspecified atom stereocenters. The fourth-order valence-corrected chi connectivity index (χ4v) is 3.34. The summed E-state index contributed by atoms with van der Waals surface area (Å²) in [5.74, 6) is 0.565. The van der Waals surface area contributed by atoms with Gasteiger partial charge in [0.25, 0.3) is 0 Å². The Labute approximate surface area is 129 Å². The van der Waals surface area contributed by atoms with Crippen molar-refractivity contribution in [3.63, 3.8) is 0 Å². The maximum atomic E-state index is 12.2. The first-order chi connectivity index (χ1) is 9.84. The van der Waals surface area contributed by atoms with Gasteiger partial charge in [-0.1, -0.05) is 6.92 Å². The third-order valence-electron chi connectivity index (χ3n) is 4.92. The van der Waals surface area contributed by atoms with Crippen molar-refractivity contribution in [2.24, 2.45) is 5.92 Å². The zero-order valence-electron chi connectivity index (χ0n) is 14.2. The van der Waals surface area contributed by atoms with Crippen molar-refractivity contribution in [2.75, 3.05) is 19.6 Å². The van der Waals surface area contributed by atoms with Gasteiger partial charge in [-0.2, -0.15) is 0 Å². The van der Waals surface area contributed by atoms with Gasteiger partial charge in [-0.3, -0.25) is 0 Å². The first kappa shape index (κ1) is 16.6. The number of rotatable bonds is 4. The monoisotopic (exact) mass is 296 g/mol. The maximum absolute atomic E-state index is 12.2. The second-order valence-corrected chi connectivity index (χ2v) is 7.80. The molecule has 1 saturated heterocycles. The number of carbonyl (C=O) groups excluding carboxylic acids is 1. The fraction of sp³-hybridized carbons (Fsp3) is 0.941. The SMILES string of the molecule is CCC1(NCC2CCCN(C(=O)OC(C)(C)C)C2)CCC1. The smallest absolute Gasteiger partial charge is 0.410 e. The largest absolute Gasteiger partial charge is 0.444 e. The third-order valence-corrected chi connectivity index (χ3v) is 4.92. The average molecular weight is 296 g/mol. The Morgan fingerprint density at radius 1 is 1.33 bits per heavy atom. The first-order valence-corrected chi connectivity index (χ1v) is 8.56. The number of ether oxygens (including phenoxy) is 1. The lowest BCUT2D eigenvalue weighted by Crippen LogP contribution is -2.53. The molecule has 0 aromatic carbocycles. The molecule has 21 heavy (non-hydrogen) atoms. The van der Waals surface area contributed by atoms with Gasteiger partial charge in [-0.25, -0.2) is 4.79 Å². The van der Waals surface area contributed by atoms with E-state index >= 15 is 0 Å². The molecule has 4 nitrogen and oxygen atoms in total. The quantitative estimate of drug-likeness (QED) is 0.862. The lowest BCUT2D eigenvalue weighted by molar-refractivity contribution is 0.0158. The normalized spacial score (nSPS) is 25.3. The van der Waals surface area contributed by atoms with Crippen LogP contribution in [0.15, 0.2) is 0 Å². The molecule has 2 fully saturated rings. The number of likely N-dealkylation sites (tertiary alicyclic amines) is 1. The summed E-state index contributed by atoms with van der Waals surface area (Å²) < 4.78 is 5.49. The summed E-state index contributed by atoms with van der Waals surface area (Å²) >= 11 is 0. The zero-order chi connectivity index (χ0) is 15.5. The predicted octanol–water partition coefficient (Wildman–Crippen LogP) is 3.56. The summed E-state index contributed by atoms with van der Waals surface area (Å²) in [7, 11) is 0. The minimum absolute atomic E-state index is 0.152. The minimum atomic E-state index is -0.402. The van der Waals surface area contributed by atoms with Gasteiger partial charge in [0.15, 0.2) is 0 Å². The lowest BCUT2D eigenvalue weighted by Gasteiger charge is -2.44. The van der Waals surface area contributed by atoms with E-state index in [-0.39, 0.29) is 6.09 Å². The van der Waals surface area contributed by atoms with E-state index in [4.69, 9.17) is 4.74 Å². The molecule has 2 aliphatic rings. The molecule has 122 valence electrons. The van der Waals surface area contributed by atoms with Crippen LogP contribution < -0.4 is 5.32 Å². The molecule has 0 aromatic rings. The number of hydrogen-bond acceptors (Lipinski definition) is 3. The third kappa shape index (κ3) is 4.60. The van der Waals surface area contributed by atoms with Crippen LogP contribution in [-0.2, 0) is 4.74 Å². The van der Waals surface area contributed by atoms with Crippen molar-refractivity contribution in [2.45, 2.75) is 77.4 Å². The van der Waals surface area contributed by atoms with Crippen molar-refractivity contribution in [3.05, 3.63) is 0 Å². The molecule has 0 aromatic heterocycles. The minimum Gasteiger partial charge on any atom is -0.444 e. The molecular weight excluding hydrogens is 264 g/mol. The van der Waals surface area contributed by atoms with Crippen LogP contribution in [0.4, 0.5) is 4.79 Å². The molecule has 0 radical (unpaired) electrons. The Morgan fingerprint density at radius 3 is 2.57 bits per heavy atom. The van der Waals surface area contributed by atoms with Gasteiger partial charge in [-0.05, 0) is 65.2 Å². The van der Waals surface area contributed by atoms with Gasteiger partial charge >= 0.3 is 6.09 Å². The summed E-state index contributed by atoms with van der Waals surface area (Å²) in [6.45, 7) is 10.8. The second kappa shape index (κ2) is 6.55. The Hall–Kier alpha value is -0.770. The van der Waals surface area contributed by atoms with Crippen LogP contribution in [-0.4, -0.2) is 41.8 Å². The van der Waals surface area contributed by atoms with Crippen LogP contribution in [0.3, 0.4) is 0 Å². The predicted molar refractivity (Wildman–Crippen MR) is 85.4 cm³/mol. The maximum Gasteiger partial charge on any atom is 0.410 e. The lowest BCUT2D eigenvalue weighted by atomic mass is 9.74. The molecule has 1 aliphatic carbocycles. The molecule has 0 spiro atoms. The fourth-order valence-electron chi connectivity index (χ4n) is 3.34. The second-order valence-electron chi connectivity index (χ2n) is 7.80. The van der Waals surface area contributed by atoms with E-state index in [9.17, 15) is 4.79 Å². The standard InChI is InChI=1S/C17H32N2O2/c1-5-17(9-7-10-17)18-12-14-8-6-11-19(13-14)15(20)21-16(2,3)4/h14,18H,5-13H2,1-4H3. The molecule has 1 atom stereocenters. The van der Waals surface area contributed by atoms with Crippen LogP contribution in [0, 0.1) is 5.92 Å². The molecule has 2 rings (SSSR count). The highest BCUT2D eigenvalue weighted by molar-refractivity contribution is 5.68. The van der Waals surface area contributed by atoms with E-state index in [2.05, 4.69) is 12.2 Å². The number of amides is 1. The summed E-state index contributed by atoms with van der Waals surface area (Å²) in [5.41, 5.74) is -0.00529. The van der Waals surface area contributed by atoms with Gasteiger partial charge in [-0.15, -0.1) is 0 Å². The summed E-state index contributed by atoms with van der Waals surface area (Å²) in [6, 6.07) is 0. The molecule has 1 saturated carbocycles. The van der Waals surface area contributed by atoms with Gasteiger partial charge in [0.2, 0.25) is 0 Å². The molecule has 4 heteroatoms. The van der Waals surface area contributed by atoms with Crippen molar-refractivity contribution in [3.8, 4) is 0 Å². The summed E-state index contributed by atoms with van der Waals surface area (Å²) in [5, 5.41) is 3.78. The van der Waals surface area contributed by atoms with Gasteiger partial charge in [0.1, 0.15) is 5.60 Å². The van der Waals surface area contributed by atoms with Crippen molar-refractivity contribution in [1.29, 1.82) is 0 Å². The highest BCUT2D eigenvalue weighted by atomic mass is 16.6. The molecule has 1 aliphatic heterocycles. The Morgan fingerprint density at radius 2 is 2.05 bits per heavy atom. The number of nitrogens with zero attached hydrogens (tertiary/aromatic N) is 1. The molecular formula is C17H32N2O2. The topological polar surface area (TPSA) is 41.6 Å². The number of hydrogen-bond donors (Lipinski definition) is 1. The van der Waals surface area contributed by atoms with E-state index in [1.165, 1.54) is 32.1 Å². The van der Waals surface area contributed by atoms with Crippen molar-refractivity contribution in [1.82, 2.24) is 10.2 Å². The molecule has 1 amide bonds. The molecule has 1 heterocycles. The van der Waals surface area contributed by atoms with Gasteiger partial charge in [0.05, 0.1) is 0 Å². The summed E-state index contributed by atoms with van der Waals surface area (Å²) in [4.78, 5) is 14.1. The van der Waals surface area contributed by atoms with E-state index in [0.717, 1.165) is 26.1 Å². The summed E-state index contributed by atoms with van der Waals surface area (Å²) in [6.07, 6.45) is 7.35. The Bertz CT molecular complexity index is 353. The van der Waals surface area contributed by atoms with Gasteiger partial charge in [0, 0.05) is 25.2 Å². The van der Waals surface area contributed by atoms with Crippen LogP contribution in [0.25, 0.3) is 0 Å². The molecule has 1 N–H and O–H groups in total. The highest BCUT2D eigenvalue weighted by Gasteiger charge is 2.35. The van der Waals surface area contributed by atoms with E-state index in [0.29, 0.717) is 11.5 Å². The number of nitrogens with one attached hydrogen (secondary N) is 1. The van der Waals surface area contributed by atoms with Gasteiger partial charge < -0.3 is 15.0 Å². The molecule has 0 bridgehead atoms. The first-order valence-electron chi connectivity index (χ1n) is 8.56. The van der Waals surface area contributed by atoms with Crippen molar-refractivity contribution < 1.29 is 9.53 Å². The van der Waals surface area contributed by atoms with Crippen LogP contribution in [0.1, 0.15) is 66.2 Å². The average Bonchev–Trinajstić information content (AvgIpc) is 2.36. The Kier molecular flexibility index (Phi) is 5.18.